The van der Waals surface area contributed by atoms with Crippen LogP contribution in [0.1, 0.15) is 29.6 Å². The Bertz CT molecular complexity index is 485. The summed E-state index contributed by atoms with van der Waals surface area (Å²) in [5.74, 6) is 0.173. The monoisotopic (exact) mass is 262 g/mol. The summed E-state index contributed by atoms with van der Waals surface area (Å²) in [6, 6.07) is 5.08. The highest BCUT2D eigenvalue weighted by molar-refractivity contribution is 6.08. The molecule has 19 heavy (non-hydrogen) atoms. The molecular weight excluding hydrogens is 247 g/mol. The molecule has 0 bridgehead atoms. The molecule has 0 spiro atoms. The quantitative estimate of drug-likeness (QED) is 0.260. The van der Waals surface area contributed by atoms with Crippen molar-refractivity contribution in [1.82, 2.24) is 0 Å². The van der Waals surface area contributed by atoms with Gasteiger partial charge in [0, 0.05) is 12.0 Å². The number of unbranched alkanes of at least 4 members (excludes halogenated alkanes) is 1. The third kappa shape index (κ3) is 4.22. The third-order valence-corrected chi connectivity index (χ3v) is 2.74. The lowest BCUT2D eigenvalue weighted by Gasteiger charge is -2.13. The summed E-state index contributed by atoms with van der Waals surface area (Å²) in [5.41, 5.74) is 0.289. The first-order chi connectivity index (χ1) is 9.10. The Kier molecular flexibility index (Phi) is 5.74. The van der Waals surface area contributed by atoms with Crippen LogP contribution in [0.4, 0.5) is 4.39 Å². The van der Waals surface area contributed by atoms with E-state index in [0.717, 1.165) is 0 Å². The second kappa shape index (κ2) is 7.32. The summed E-state index contributed by atoms with van der Waals surface area (Å²) in [6.07, 6.45) is 6.51. The number of esters is 1. The first-order valence-corrected chi connectivity index (χ1v) is 5.91. The number of terminal acetylenes is 1. The van der Waals surface area contributed by atoms with Crippen LogP contribution in [0.25, 0.3) is 0 Å². The number of benzene rings is 1. The smallest absolute Gasteiger partial charge is 0.316 e. The van der Waals surface area contributed by atoms with Crippen molar-refractivity contribution < 1.29 is 18.7 Å². The van der Waals surface area contributed by atoms with Gasteiger partial charge in [-0.2, -0.15) is 0 Å². The molecule has 0 saturated heterocycles. The predicted octanol–water partition coefficient (Wildman–Crippen LogP) is 2.60. The molecule has 100 valence electrons. The summed E-state index contributed by atoms with van der Waals surface area (Å²) < 4.78 is 17.4. The summed E-state index contributed by atoms with van der Waals surface area (Å²) >= 11 is 0. The summed E-state index contributed by atoms with van der Waals surface area (Å²) in [7, 11) is 1.23. The largest absolute Gasteiger partial charge is 0.468 e. The molecule has 0 aliphatic heterocycles. The lowest BCUT2D eigenvalue weighted by atomic mass is 9.92. The molecule has 1 unspecified atom stereocenters. The highest BCUT2D eigenvalue weighted by atomic mass is 19.1. The van der Waals surface area contributed by atoms with Gasteiger partial charge in [0.1, 0.15) is 11.7 Å². The van der Waals surface area contributed by atoms with E-state index in [4.69, 9.17) is 6.42 Å². The topological polar surface area (TPSA) is 43.4 Å². The molecule has 4 heteroatoms. The molecule has 0 saturated carbocycles. The molecular formula is C15H15FO3. The Morgan fingerprint density at radius 1 is 1.37 bits per heavy atom. The van der Waals surface area contributed by atoms with Crippen LogP contribution in [-0.2, 0) is 9.53 Å². The molecule has 1 atom stereocenters. The zero-order valence-corrected chi connectivity index (χ0v) is 10.7. The fourth-order valence-corrected chi connectivity index (χ4v) is 1.72. The van der Waals surface area contributed by atoms with Crippen molar-refractivity contribution in [2.24, 2.45) is 5.92 Å². The molecule has 0 fully saturated rings. The van der Waals surface area contributed by atoms with Crippen LogP contribution >= 0.6 is 0 Å². The molecule has 0 N–H and O–H groups in total. The van der Waals surface area contributed by atoms with Crippen molar-refractivity contribution in [3.63, 3.8) is 0 Å². The van der Waals surface area contributed by atoms with Gasteiger partial charge in [-0.25, -0.2) is 4.39 Å². The molecule has 1 rings (SSSR count). The van der Waals surface area contributed by atoms with Gasteiger partial charge in [0.25, 0.3) is 0 Å². The molecule has 0 radical (unpaired) electrons. The van der Waals surface area contributed by atoms with E-state index in [1.54, 1.807) is 0 Å². The number of halogens is 1. The van der Waals surface area contributed by atoms with Crippen molar-refractivity contribution in [1.29, 1.82) is 0 Å². The number of methoxy groups -OCH3 is 1. The molecule has 0 aliphatic carbocycles. The number of ketones is 1. The van der Waals surface area contributed by atoms with Crippen molar-refractivity contribution in [3.8, 4) is 12.3 Å². The van der Waals surface area contributed by atoms with E-state index < -0.39 is 17.7 Å². The van der Waals surface area contributed by atoms with Gasteiger partial charge in [0.15, 0.2) is 5.78 Å². The number of rotatable bonds is 6. The molecule has 1 aromatic carbocycles. The Morgan fingerprint density at radius 3 is 2.53 bits per heavy atom. The minimum Gasteiger partial charge on any atom is -0.468 e. The molecule has 0 heterocycles. The number of ether oxygens (including phenoxy) is 1. The number of hydrogen-bond acceptors (Lipinski definition) is 3. The van der Waals surface area contributed by atoms with E-state index in [9.17, 15) is 14.0 Å². The maximum Gasteiger partial charge on any atom is 0.316 e. The van der Waals surface area contributed by atoms with Gasteiger partial charge in [-0.1, -0.05) is 0 Å². The van der Waals surface area contributed by atoms with E-state index in [-0.39, 0.29) is 11.3 Å². The van der Waals surface area contributed by atoms with Crippen molar-refractivity contribution in [2.45, 2.75) is 19.3 Å². The lowest BCUT2D eigenvalue weighted by Crippen LogP contribution is -2.25. The Balaban J connectivity index is 2.84. The van der Waals surface area contributed by atoms with E-state index >= 15 is 0 Å². The van der Waals surface area contributed by atoms with E-state index in [2.05, 4.69) is 10.7 Å². The van der Waals surface area contributed by atoms with Crippen LogP contribution in [0.15, 0.2) is 24.3 Å². The van der Waals surface area contributed by atoms with Crippen molar-refractivity contribution in [3.05, 3.63) is 35.6 Å². The number of carbonyl (C=O) groups is 2. The van der Waals surface area contributed by atoms with Crippen LogP contribution in [0.2, 0.25) is 0 Å². The van der Waals surface area contributed by atoms with E-state index in [1.807, 2.05) is 0 Å². The van der Waals surface area contributed by atoms with Crippen LogP contribution in [0, 0.1) is 24.1 Å². The van der Waals surface area contributed by atoms with E-state index in [1.165, 1.54) is 31.4 Å². The van der Waals surface area contributed by atoms with Crippen LogP contribution in [-0.4, -0.2) is 18.9 Å². The predicted molar refractivity (Wildman–Crippen MR) is 68.9 cm³/mol. The lowest BCUT2D eigenvalue weighted by molar-refractivity contribution is -0.143. The van der Waals surface area contributed by atoms with Crippen LogP contribution < -0.4 is 0 Å². The van der Waals surface area contributed by atoms with E-state index in [0.29, 0.717) is 19.3 Å². The van der Waals surface area contributed by atoms with Crippen LogP contribution in [0.5, 0.6) is 0 Å². The van der Waals surface area contributed by atoms with Gasteiger partial charge in [0.2, 0.25) is 0 Å². The van der Waals surface area contributed by atoms with Crippen molar-refractivity contribution in [2.75, 3.05) is 7.11 Å². The maximum absolute atomic E-state index is 12.8. The summed E-state index contributed by atoms with van der Waals surface area (Å²) in [6.45, 7) is 0. The third-order valence-electron chi connectivity index (χ3n) is 2.74. The number of carbonyl (C=O) groups excluding carboxylic acids is 2. The van der Waals surface area contributed by atoms with Gasteiger partial charge < -0.3 is 4.74 Å². The molecule has 0 aromatic heterocycles. The minimum absolute atomic E-state index is 0.289. The van der Waals surface area contributed by atoms with Crippen LogP contribution in [0.3, 0.4) is 0 Å². The van der Waals surface area contributed by atoms with Gasteiger partial charge in [-0.05, 0) is 37.1 Å². The summed E-state index contributed by atoms with van der Waals surface area (Å²) in [5, 5.41) is 0. The Morgan fingerprint density at radius 2 is 2.00 bits per heavy atom. The fourth-order valence-electron chi connectivity index (χ4n) is 1.72. The maximum atomic E-state index is 12.8. The first-order valence-electron chi connectivity index (χ1n) is 5.91. The molecule has 3 nitrogen and oxygen atoms in total. The molecule has 0 aliphatic rings. The average Bonchev–Trinajstić information content (AvgIpc) is 2.43. The average molecular weight is 262 g/mol. The fraction of sp³-hybridized carbons (Fsp3) is 0.333. The normalized spacial score (nSPS) is 11.4. The van der Waals surface area contributed by atoms with Gasteiger partial charge in [-0.3, -0.25) is 9.59 Å². The Hall–Kier alpha value is -2.15. The zero-order valence-electron chi connectivity index (χ0n) is 10.7. The number of hydrogen-bond donors (Lipinski definition) is 0. The SMILES string of the molecule is C#CCCCC(C(=O)OC)C(=O)c1ccc(F)cc1. The Labute approximate surface area is 111 Å². The van der Waals surface area contributed by atoms with Gasteiger partial charge in [-0.15, -0.1) is 12.3 Å². The second-order valence-corrected chi connectivity index (χ2v) is 4.04. The van der Waals surface area contributed by atoms with Gasteiger partial charge >= 0.3 is 5.97 Å². The standard InChI is InChI=1S/C15H15FO3/c1-3-4-5-6-13(15(18)19-2)14(17)11-7-9-12(16)10-8-11/h1,7-10,13H,4-6H2,2H3. The number of Topliss-reactive ketones (excluding diaryl/α,β-unsaturated/α-hetero) is 1. The summed E-state index contributed by atoms with van der Waals surface area (Å²) in [4.78, 5) is 23.8. The minimum atomic E-state index is -0.885. The van der Waals surface area contributed by atoms with Gasteiger partial charge in [0.05, 0.1) is 7.11 Å². The van der Waals surface area contributed by atoms with Crippen molar-refractivity contribution >= 4 is 11.8 Å². The molecule has 1 aromatic rings. The highest BCUT2D eigenvalue weighted by Crippen LogP contribution is 2.17. The first kappa shape index (κ1) is 14.9. The molecule has 0 amide bonds. The second-order valence-electron chi connectivity index (χ2n) is 4.04. The highest BCUT2D eigenvalue weighted by Gasteiger charge is 2.27. The zero-order chi connectivity index (χ0) is 14.3.